The maximum atomic E-state index is 3.21. The summed E-state index contributed by atoms with van der Waals surface area (Å²) >= 11 is 0. The first-order valence-electron chi connectivity index (χ1n) is 3.87. The zero-order valence-corrected chi connectivity index (χ0v) is 6.22. The fourth-order valence-electron chi connectivity index (χ4n) is 0.913. The van der Waals surface area contributed by atoms with Gasteiger partial charge in [0.25, 0.3) is 0 Å². The van der Waals surface area contributed by atoms with E-state index < -0.39 is 0 Å². The minimum absolute atomic E-state index is 0.963. The Morgan fingerprint density at radius 1 is 1.00 bits per heavy atom. The topological polar surface area (TPSA) is 0 Å². The fourth-order valence-corrected chi connectivity index (χ4v) is 0.913. The zero-order valence-electron chi connectivity index (χ0n) is 6.22. The second kappa shape index (κ2) is 5.04. The van der Waals surface area contributed by atoms with Crippen molar-refractivity contribution < 1.29 is 0 Å². The summed E-state index contributed by atoms with van der Waals surface area (Å²) in [4.78, 5) is 0. The van der Waals surface area contributed by atoms with E-state index in [0.717, 1.165) is 6.42 Å². The minimum atomic E-state index is 0.963. The van der Waals surface area contributed by atoms with Crippen molar-refractivity contribution in [3.05, 3.63) is 36.5 Å². The van der Waals surface area contributed by atoms with Crippen LogP contribution in [0.4, 0.5) is 0 Å². The first-order chi connectivity index (χ1) is 5.00. The fraction of sp³-hybridized carbons (Fsp3) is 0.400. The van der Waals surface area contributed by atoms with Gasteiger partial charge in [0, 0.05) is 0 Å². The third-order valence-corrected chi connectivity index (χ3v) is 1.48. The highest BCUT2D eigenvalue weighted by atomic mass is 13.9. The molecule has 1 radical (unpaired) electrons. The lowest BCUT2D eigenvalue weighted by Gasteiger charge is -1.90. The molecule has 10 heavy (non-hydrogen) atoms. The van der Waals surface area contributed by atoms with Gasteiger partial charge in [-0.15, -0.1) is 0 Å². The molecule has 1 aliphatic carbocycles. The van der Waals surface area contributed by atoms with Gasteiger partial charge in [-0.1, -0.05) is 30.4 Å². The van der Waals surface area contributed by atoms with E-state index in [9.17, 15) is 0 Å². The van der Waals surface area contributed by atoms with Crippen molar-refractivity contribution in [2.45, 2.75) is 25.7 Å². The summed E-state index contributed by atoms with van der Waals surface area (Å²) in [5.74, 6) is 0. The van der Waals surface area contributed by atoms with Crippen molar-refractivity contribution in [2.75, 3.05) is 0 Å². The van der Waals surface area contributed by atoms with Gasteiger partial charge >= 0.3 is 0 Å². The van der Waals surface area contributed by atoms with Crippen molar-refractivity contribution in [3.63, 3.8) is 0 Å². The van der Waals surface area contributed by atoms with E-state index >= 15 is 0 Å². The zero-order chi connectivity index (χ0) is 7.07. The molecule has 0 amide bonds. The molecule has 1 rings (SSSR count). The van der Waals surface area contributed by atoms with E-state index in [1.54, 1.807) is 0 Å². The van der Waals surface area contributed by atoms with Crippen LogP contribution in [-0.4, -0.2) is 0 Å². The normalized spacial score (nSPS) is 28.8. The molecule has 0 N–H and O–H groups in total. The van der Waals surface area contributed by atoms with Gasteiger partial charge in [0.05, 0.1) is 0 Å². The predicted octanol–water partition coefficient (Wildman–Crippen LogP) is 3.03. The number of rotatable bonds is 0. The number of hydrogen-bond acceptors (Lipinski definition) is 0. The smallest absolute Gasteiger partial charge is 0.00948 e. The molecule has 0 aliphatic heterocycles. The molecule has 0 bridgehead atoms. The second-order valence-corrected chi connectivity index (χ2v) is 2.40. The molecule has 0 heteroatoms. The predicted molar refractivity (Wildman–Crippen MR) is 44.6 cm³/mol. The van der Waals surface area contributed by atoms with Crippen LogP contribution in [-0.2, 0) is 0 Å². The minimum Gasteiger partial charge on any atom is -0.0845 e. The highest BCUT2D eigenvalue weighted by Crippen LogP contribution is 2.00. The van der Waals surface area contributed by atoms with Crippen LogP contribution in [0, 0.1) is 6.08 Å². The van der Waals surface area contributed by atoms with Gasteiger partial charge in [-0.3, -0.25) is 0 Å². The van der Waals surface area contributed by atoms with Crippen LogP contribution in [0.1, 0.15) is 25.7 Å². The van der Waals surface area contributed by atoms with Crippen molar-refractivity contribution in [1.82, 2.24) is 0 Å². The van der Waals surface area contributed by atoms with E-state index in [4.69, 9.17) is 0 Å². The summed E-state index contributed by atoms with van der Waals surface area (Å²) in [6.45, 7) is 0. The van der Waals surface area contributed by atoms with Crippen LogP contribution in [0.5, 0.6) is 0 Å². The Bertz CT molecular complexity index is 149. The van der Waals surface area contributed by atoms with Crippen LogP contribution in [0.25, 0.3) is 0 Å². The maximum absolute atomic E-state index is 3.21. The summed E-state index contributed by atoms with van der Waals surface area (Å²) in [7, 11) is 0. The molecule has 0 atom stereocenters. The van der Waals surface area contributed by atoms with Gasteiger partial charge in [-0.2, -0.15) is 0 Å². The Balaban J connectivity index is 2.38. The van der Waals surface area contributed by atoms with E-state index in [0.29, 0.717) is 0 Å². The Labute approximate surface area is 62.9 Å². The summed E-state index contributed by atoms with van der Waals surface area (Å²) < 4.78 is 0. The van der Waals surface area contributed by atoms with E-state index in [1.807, 2.05) is 0 Å². The van der Waals surface area contributed by atoms with Crippen molar-refractivity contribution in [2.24, 2.45) is 0 Å². The molecule has 0 aromatic carbocycles. The first kappa shape index (κ1) is 7.33. The maximum Gasteiger partial charge on any atom is -0.00948 e. The molecule has 0 aromatic heterocycles. The lowest BCUT2D eigenvalue weighted by molar-refractivity contribution is 0.863. The van der Waals surface area contributed by atoms with Crippen LogP contribution < -0.4 is 0 Å². The summed E-state index contributed by atoms with van der Waals surface area (Å²) in [6, 6.07) is 0. The molecule has 0 unspecified atom stereocenters. The van der Waals surface area contributed by atoms with Crippen molar-refractivity contribution in [3.8, 4) is 0 Å². The largest absolute Gasteiger partial charge is 0.0845 e. The van der Waals surface area contributed by atoms with Gasteiger partial charge in [0.2, 0.25) is 0 Å². The van der Waals surface area contributed by atoms with Crippen LogP contribution >= 0.6 is 0 Å². The molecular formula is C10H13. The molecule has 0 spiro atoms. The monoisotopic (exact) mass is 133 g/mol. The van der Waals surface area contributed by atoms with Crippen molar-refractivity contribution >= 4 is 0 Å². The lowest BCUT2D eigenvalue weighted by atomic mass is 10.2. The SMILES string of the molecule is [C]1=C\CCC/C=C\C=C\C/1. The quantitative estimate of drug-likeness (QED) is 0.476. The molecule has 0 saturated carbocycles. The molecule has 0 nitrogen and oxygen atoms in total. The molecule has 0 aromatic rings. The summed E-state index contributed by atoms with van der Waals surface area (Å²) in [6.07, 6.45) is 18.5. The molecule has 53 valence electrons. The average Bonchev–Trinajstić information content (AvgIpc) is 2.01. The average molecular weight is 133 g/mol. The molecular weight excluding hydrogens is 120 g/mol. The molecule has 1 aliphatic rings. The third kappa shape index (κ3) is 3.29. The molecule has 0 heterocycles. The summed E-state index contributed by atoms with van der Waals surface area (Å²) in [5.41, 5.74) is 0. The van der Waals surface area contributed by atoms with Gasteiger partial charge in [-0.05, 0) is 31.8 Å². The summed E-state index contributed by atoms with van der Waals surface area (Å²) in [5, 5.41) is 0. The van der Waals surface area contributed by atoms with Gasteiger partial charge in [-0.25, -0.2) is 0 Å². The van der Waals surface area contributed by atoms with Gasteiger partial charge in [0.15, 0.2) is 0 Å². The lowest BCUT2D eigenvalue weighted by Crippen LogP contribution is -1.71. The highest BCUT2D eigenvalue weighted by Gasteiger charge is 1.81. The number of allylic oxidation sites excluding steroid dienone is 6. The molecule has 0 fully saturated rings. The standard InChI is InChI=1S/C10H13/c1-2-4-6-8-10-9-7-5-3-1/h1-4,10H,5-7,9H2/b3-1-,4-2+,10-8?. The van der Waals surface area contributed by atoms with Gasteiger partial charge in [0.1, 0.15) is 0 Å². The van der Waals surface area contributed by atoms with E-state index in [2.05, 4.69) is 36.5 Å². The Hall–Kier alpha value is -0.780. The van der Waals surface area contributed by atoms with Crippen molar-refractivity contribution in [1.29, 1.82) is 0 Å². The van der Waals surface area contributed by atoms with Gasteiger partial charge < -0.3 is 0 Å². The Morgan fingerprint density at radius 3 is 2.90 bits per heavy atom. The third-order valence-electron chi connectivity index (χ3n) is 1.48. The van der Waals surface area contributed by atoms with E-state index in [-0.39, 0.29) is 0 Å². The Morgan fingerprint density at radius 2 is 1.90 bits per heavy atom. The van der Waals surface area contributed by atoms with Crippen LogP contribution in [0.2, 0.25) is 0 Å². The first-order valence-corrected chi connectivity index (χ1v) is 3.87. The number of hydrogen-bond donors (Lipinski definition) is 0. The highest BCUT2D eigenvalue weighted by molar-refractivity contribution is 5.04. The van der Waals surface area contributed by atoms with E-state index in [1.165, 1.54) is 19.3 Å². The van der Waals surface area contributed by atoms with Crippen LogP contribution in [0.15, 0.2) is 30.4 Å². The van der Waals surface area contributed by atoms with Crippen LogP contribution in [0.3, 0.4) is 0 Å². The second-order valence-electron chi connectivity index (χ2n) is 2.40. The molecule has 0 saturated heterocycles. The Kier molecular flexibility index (Phi) is 3.69.